The van der Waals surface area contributed by atoms with Crippen LogP contribution in [-0.4, -0.2) is 24.7 Å². The number of aryl methyl sites for hydroxylation is 1. The highest BCUT2D eigenvalue weighted by molar-refractivity contribution is 7.21. The molecule has 5 aliphatic heterocycles. The van der Waals surface area contributed by atoms with Crippen LogP contribution in [0.2, 0.25) is 0 Å². The number of carbonyl (C=O) groups is 1. The molecule has 6 heterocycles. The Hall–Kier alpha value is -3.37. The van der Waals surface area contributed by atoms with Crippen LogP contribution < -0.4 is 15.5 Å². The van der Waals surface area contributed by atoms with Crippen molar-refractivity contribution in [1.29, 1.82) is 5.26 Å². The molecule has 2 bridgehead atoms. The zero-order chi connectivity index (χ0) is 23.1. The van der Waals surface area contributed by atoms with Gasteiger partial charge in [-0.3, -0.25) is 9.69 Å². The lowest BCUT2D eigenvalue weighted by molar-refractivity contribution is -0.116. The number of carbonyl (C=O) groups excluding carboxylic acids is 1. The predicted octanol–water partition coefficient (Wildman–Crippen LogP) is 4.82. The minimum atomic E-state index is -0.397. The molecule has 1 fully saturated rings. The summed E-state index contributed by atoms with van der Waals surface area (Å²) in [7, 11) is 0. The van der Waals surface area contributed by atoms with Gasteiger partial charge in [0.05, 0.1) is 28.1 Å². The highest BCUT2D eigenvalue weighted by Gasteiger charge is 2.46. The summed E-state index contributed by atoms with van der Waals surface area (Å²) in [6, 6.07) is 10.6. The summed E-state index contributed by atoms with van der Waals surface area (Å²) in [4.78, 5) is 22.9. The first-order valence-corrected chi connectivity index (χ1v) is 12.9. The number of piperidine rings is 1. The number of rotatable bonds is 1. The number of nitrogens with two attached hydrogens (primary N) is 1. The van der Waals surface area contributed by atoms with Crippen molar-refractivity contribution in [3.8, 4) is 6.07 Å². The molecule has 1 aliphatic carbocycles. The molecule has 1 unspecified atom stereocenters. The molecule has 0 spiro atoms. The number of anilines is 2. The molecular weight excluding hydrogens is 442 g/mol. The van der Waals surface area contributed by atoms with Gasteiger partial charge >= 0.3 is 0 Å². The number of nitrogens with zero attached hydrogens (tertiary/aromatic N) is 4. The summed E-state index contributed by atoms with van der Waals surface area (Å²) in [6.45, 7) is 4.21. The number of aliphatic imine (C=N–C) groups is 1. The number of ketones is 1. The van der Waals surface area contributed by atoms with E-state index in [0.717, 1.165) is 71.7 Å². The molecule has 0 radical (unpaired) electrons. The molecule has 6 aliphatic rings. The Balaban J connectivity index is 1.52. The van der Waals surface area contributed by atoms with Crippen LogP contribution in [0, 0.1) is 18.3 Å². The van der Waals surface area contributed by atoms with Crippen molar-refractivity contribution >= 4 is 33.0 Å². The average molecular weight is 468 g/mol. The van der Waals surface area contributed by atoms with Crippen LogP contribution in [0.25, 0.3) is 0 Å². The molecule has 6 nitrogen and oxygen atoms in total. The summed E-state index contributed by atoms with van der Waals surface area (Å²) >= 11 is 1.76. The molecule has 8 rings (SSSR count). The SMILES string of the molecule is Cc1cccc(C2C(C#N)=C3N=C(N)c4c(sc5c4C4CCN5CC4)N3C3=C2C(=O)CCC3)c1. The standard InChI is InChI=1S/C27H25N5OS/c1-14-4-2-5-16(12-14)20-17(13-28)25-30-24(29)23-21-15-8-10-31(11-9-15)26(21)34-27(23)32(25)18-6-3-7-19(33)22(18)20/h2,4-5,12,15,20H,3,6-11H2,1H3,(H2,29,30). The highest BCUT2D eigenvalue weighted by Crippen LogP contribution is 2.57. The number of fused-ring (bicyclic) bond motifs is 6. The Morgan fingerprint density at radius 2 is 2.03 bits per heavy atom. The summed E-state index contributed by atoms with van der Waals surface area (Å²) in [5.74, 6) is 1.38. The van der Waals surface area contributed by atoms with E-state index in [2.05, 4.69) is 21.9 Å². The third kappa shape index (κ3) is 2.55. The molecule has 170 valence electrons. The van der Waals surface area contributed by atoms with E-state index >= 15 is 0 Å². The van der Waals surface area contributed by atoms with E-state index in [9.17, 15) is 10.1 Å². The van der Waals surface area contributed by atoms with Crippen molar-refractivity contribution in [2.24, 2.45) is 10.7 Å². The number of nitriles is 1. The van der Waals surface area contributed by atoms with Crippen LogP contribution in [0.5, 0.6) is 0 Å². The topological polar surface area (TPSA) is 85.7 Å². The average Bonchev–Trinajstić information content (AvgIpc) is 3.27. The molecule has 7 heteroatoms. The molecule has 1 atom stereocenters. The molecule has 2 N–H and O–H groups in total. The highest BCUT2D eigenvalue weighted by atomic mass is 32.1. The first kappa shape index (κ1) is 20.0. The van der Waals surface area contributed by atoms with Crippen molar-refractivity contribution in [3.05, 3.63) is 69.2 Å². The fourth-order valence-electron chi connectivity index (χ4n) is 6.53. The van der Waals surface area contributed by atoms with E-state index < -0.39 is 5.92 Å². The fourth-order valence-corrected chi connectivity index (χ4v) is 8.01. The molecule has 0 amide bonds. The van der Waals surface area contributed by atoms with Crippen molar-refractivity contribution < 1.29 is 4.79 Å². The van der Waals surface area contributed by atoms with Gasteiger partial charge in [-0.1, -0.05) is 41.2 Å². The molecule has 0 saturated carbocycles. The Morgan fingerprint density at radius 3 is 2.79 bits per heavy atom. The third-order valence-electron chi connectivity index (χ3n) is 8.01. The predicted molar refractivity (Wildman–Crippen MR) is 134 cm³/mol. The second-order valence-corrected chi connectivity index (χ2v) is 10.9. The lowest BCUT2D eigenvalue weighted by atomic mass is 9.75. The maximum atomic E-state index is 13.4. The van der Waals surface area contributed by atoms with E-state index in [4.69, 9.17) is 10.7 Å². The number of allylic oxidation sites excluding steroid dienone is 3. The number of hydrogen-bond acceptors (Lipinski definition) is 7. The molecule has 1 aromatic carbocycles. The first-order chi connectivity index (χ1) is 16.6. The van der Waals surface area contributed by atoms with Crippen LogP contribution in [-0.2, 0) is 4.79 Å². The molecule has 1 aromatic heterocycles. The van der Waals surface area contributed by atoms with Crippen LogP contribution >= 0.6 is 11.3 Å². The maximum Gasteiger partial charge on any atom is 0.161 e. The molecule has 2 aromatic rings. The molecule has 34 heavy (non-hydrogen) atoms. The maximum absolute atomic E-state index is 13.4. The number of thiophene rings is 1. The fraction of sp³-hybridized carbons (Fsp3) is 0.370. The van der Waals surface area contributed by atoms with E-state index in [1.54, 1.807) is 11.3 Å². The van der Waals surface area contributed by atoms with Gasteiger partial charge in [0.15, 0.2) is 11.6 Å². The van der Waals surface area contributed by atoms with E-state index in [0.29, 0.717) is 29.6 Å². The monoisotopic (exact) mass is 467 g/mol. The smallest absolute Gasteiger partial charge is 0.161 e. The van der Waals surface area contributed by atoms with Crippen LogP contribution in [0.15, 0.2) is 51.9 Å². The van der Waals surface area contributed by atoms with E-state index in [-0.39, 0.29) is 5.78 Å². The van der Waals surface area contributed by atoms with Crippen molar-refractivity contribution in [2.45, 2.75) is 50.9 Å². The van der Waals surface area contributed by atoms with E-state index in [1.165, 1.54) is 10.6 Å². The van der Waals surface area contributed by atoms with Crippen LogP contribution in [0.4, 0.5) is 10.0 Å². The van der Waals surface area contributed by atoms with Gasteiger partial charge in [-0.25, -0.2) is 4.99 Å². The van der Waals surface area contributed by atoms with Gasteiger partial charge in [-0.05, 0) is 44.1 Å². The lowest BCUT2D eigenvalue weighted by Crippen LogP contribution is -2.40. The van der Waals surface area contributed by atoms with Gasteiger partial charge in [0.2, 0.25) is 0 Å². The number of benzene rings is 1. The van der Waals surface area contributed by atoms with Gasteiger partial charge in [-0.15, -0.1) is 0 Å². The van der Waals surface area contributed by atoms with Crippen molar-refractivity contribution in [2.75, 3.05) is 22.9 Å². The Labute approximate surface area is 202 Å². The van der Waals surface area contributed by atoms with Gasteiger partial charge in [0.1, 0.15) is 10.8 Å². The first-order valence-electron chi connectivity index (χ1n) is 12.1. The zero-order valence-corrected chi connectivity index (χ0v) is 19.9. The Kier molecular flexibility index (Phi) is 4.16. The third-order valence-corrected chi connectivity index (χ3v) is 9.26. The summed E-state index contributed by atoms with van der Waals surface area (Å²) < 4.78 is 0. The minimum Gasteiger partial charge on any atom is -0.383 e. The van der Waals surface area contributed by atoms with E-state index in [1.807, 2.05) is 25.1 Å². The van der Waals surface area contributed by atoms with Gasteiger partial charge < -0.3 is 10.6 Å². The van der Waals surface area contributed by atoms with Gasteiger partial charge in [0.25, 0.3) is 0 Å². The molecule has 1 saturated heterocycles. The molecular formula is C27H25N5OS. The summed E-state index contributed by atoms with van der Waals surface area (Å²) in [5.41, 5.74) is 13.4. The minimum absolute atomic E-state index is 0.147. The van der Waals surface area contributed by atoms with Gasteiger partial charge in [0, 0.05) is 36.3 Å². The van der Waals surface area contributed by atoms with Crippen molar-refractivity contribution in [1.82, 2.24) is 0 Å². The Morgan fingerprint density at radius 1 is 1.21 bits per heavy atom. The number of hydrogen-bond donors (Lipinski definition) is 1. The number of Topliss-reactive ketones (excluding diaryl/α,β-unsaturated/α-hetero) is 1. The largest absolute Gasteiger partial charge is 0.383 e. The van der Waals surface area contributed by atoms with Gasteiger partial charge in [-0.2, -0.15) is 5.26 Å². The van der Waals surface area contributed by atoms with Crippen LogP contribution in [0.1, 0.15) is 66.2 Å². The Bertz CT molecular complexity index is 1410. The zero-order valence-electron chi connectivity index (χ0n) is 19.1. The second-order valence-electron chi connectivity index (χ2n) is 9.93. The normalized spacial score (nSPS) is 23.4. The summed E-state index contributed by atoms with van der Waals surface area (Å²) in [5, 5.41) is 12.8. The second kappa shape index (κ2) is 7.07. The van der Waals surface area contributed by atoms with Crippen molar-refractivity contribution in [3.63, 3.8) is 0 Å². The number of amidine groups is 1. The quantitative estimate of drug-likeness (QED) is 0.650. The summed E-state index contributed by atoms with van der Waals surface area (Å²) in [6.07, 6.45) is 4.45. The van der Waals surface area contributed by atoms with Crippen LogP contribution in [0.3, 0.4) is 0 Å². The lowest BCUT2D eigenvalue weighted by Gasteiger charge is -2.41.